The van der Waals surface area contributed by atoms with Crippen molar-refractivity contribution in [3.05, 3.63) is 126 Å². The lowest BCUT2D eigenvalue weighted by molar-refractivity contribution is 0.318. The van der Waals surface area contributed by atoms with E-state index in [-0.39, 0.29) is 39.9 Å². The highest BCUT2D eigenvalue weighted by atomic mass is 32.2. The molecule has 0 atom stereocenters. The van der Waals surface area contributed by atoms with E-state index in [1.807, 2.05) is 55.5 Å². The molecular weight excluding hydrogens is 971 g/mol. The van der Waals surface area contributed by atoms with Gasteiger partial charge in [-0.2, -0.15) is 37.4 Å². The predicted octanol–water partition coefficient (Wildman–Crippen LogP) is 8.82. The van der Waals surface area contributed by atoms with E-state index in [2.05, 4.69) is 41.7 Å². The number of hydrogen-bond acceptors (Lipinski definition) is 20. The number of hydrogen-bond donors (Lipinski definition) is 3. The van der Waals surface area contributed by atoms with Gasteiger partial charge in [-0.05, 0) is 73.0 Å². The summed E-state index contributed by atoms with van der Waals surface area (Å²) in [7, 11) is -14.6. The van der Waals surface area contributed by atoms with E-state index >= 15 is 0 Å². The number of aromatic nitrogens is 2. The van der Waals surface area contributed by atoms with Crippen LogP contribution >= 0.6 is 0 Å². The second-order valence-electron chi connectivity index (χ2n) is 13.3. The number of rotatable bonds is 11. The van der Waals surface area contributed by atoms with Crippen molar-refractivity contribution in [3.63, 3.8) is 0 Å². The number of pyridine rings is 1. The number of imidazole rings is 1. The molecule has 23 nitrogen and oxygen atoms in total. The number of benzene rings is 5. The number of fused-ring (bicyclic) bond motifs is 3. The average Bonchev–Trinajstić information content (AvgIpc) is 3.66. The minimum atomic E-state index is -4.72. The maximum atomic E-state index is 12.4. The van der Waals surface area contributed by atoms with E-state index in [4.69, 9.17) is 34.5 Å². The van der Waals surface area contributed by atoms with Gasteiger partial charge in [0.2, 0.25) is 5.88 Å². The van der Waals surface area contributed by atoms with E-state index in [0.717, 1.165) is 6.07 Å². The van der Waals surface area contributed by atoms with Crippen molar-refractivity contribution in [2.24, 2.45) is 30.7 Å². The fourth-order valence-electron chi connectivity index (χ4n) is 5.79. The van der Waals surface area contributed by atoms with Gasteiger partial charge in [-0.15, -0.1) is 40.6 Å². The van der Waals surface area contributed by atoms with Gasteiger partial charge >= 0.3 is 21.2 Å². The Kier molecular flexibility index (Phi) is 18.5. The van der Waals surface area contributed by atoms with E-state index in [9.17, 15) is 31.8 Å². The molecule has 0 aliphatic carbocycles. The minimum Gasteiger partial charge on any atom is -0.493 e. The van der Waals surface area contributed by atoms with Crippen molar-refractivity contribution < 1.29 is 61.0 Å². The molecule has 0 saturated heterocycles. The molecule has 2 heterocycles. The summed E-state index contributed by atoms with van der Waals surface area (Å²) in [6.45, 7) is 4.01. The Balaban J connectivity index is 0.000000689. The summed E-state index contributed by atoms with van der Waals surface area (Å²) in [5.74, 6) is 0.0258. The zero-order valence-electron chi connectivity index (χ0n) is 35.4. The maximum Gasteiger partial charge on any atom is 0.425 e. The summed E-state index contributed by atoms with van der Waals surface area (Å²) in [6, 6.07) is 34.7. The summed E-state index contributed by atoms with van der Waals surface area (Å²) < 4.78 is 119. The lowest BCUT2D eigenvalue weighted by atomic mass is 9.99. The zero-order valence-corrected chi connectivity index (χ0v) is 38.6. The van der Waals surface area contributed by atoms with Gasteiger partial charge in [0.1, 0.15) is 33.7 Å². The normalized spacial score (nSPS) is 11.3. The maximum absolute atomic E-state index is 12.4. The van der Waals surface area contributed by atoms with E-state index in [0.29, 0.717) is 64.1 Å². The molecule has 0 aliphatic heterocycles. The highest BCUT2D eigenvalue weighted by molar-refractivity contribution is 7.86. The Hall–Kier alpha value is -8.00. The SMILES string of the molecule is CCCOc1cc(N=Nc2ccc(N=Nc3ccccc3)cc2S(=O)(=O)O)c(C)cc1N=Nc1c(-c2ccccc2)c(C#N)c2nc3ccccc3n2c1O.CS(=O)(=O)O.O=S(=O)=O.O=S(=O)=O. The van der Waals surface area contributed by atoms with Crippen molar-refractivity contribution in [1.29, 1.82) is 5.26 Å². The third-order valence-corrected chi connectivity index (χ3v) is 9.27. The molecule has 5 aromatic carbocycles. The summed E-state index contributed by atoms with van der Waals surface area (Å²) in [6.07, 6.45) is 1.38. The first-order chi connectivity index (χ1) is 32.1. The van der Waals surface area contributed by atoms with Gasteiger partial charge < -0.3 is 9.84 Å². The van der Waals surface area contributed by atoms with Crippen molar-refractivity contribution >= 4 is 92.3 Å². The van der Waals surface area contributed by atoms with Gasteiger partial charge in [0.15, 0.2) is 11.3 Å². The van der Waals surface area contributed by atoms with Gasteiger partial charge in [0.25, 0.3) is 20.2 Å². The first-order valence-corrected chi connectivity index (χ1v) is 24.2. The summed E-state index contributed by atoms with van der Waals surface area (Å²) in [5.41, 5.74) is 4.50. The highest BCUT2D eigenvalue weighted by Crippen LogP contribution is 2.45. The molecule has 0 unspecified atom stereocenters. The smallest absolute Gasteiger partial charge is 0.425 e. The van der Waals surface area contributed by atoms with Crippen LogP contribution in [0.2, 0.25) is 0 Å². The van der Waals surface area contributed by atoms with Crippen molar-refractivity contribution in [2.45, 2.75) is 25.2 Å². The van der Waals surface area contributed by atoms with Gasteiger partial charge in [0, 0.05) is 11.6 Å². The zero-order chi connectivity index (χ0) is 50.2. The molecule has 27 heteroatoms. The van der Waals surface area contributed by atoms with Crippen molar-refractivity contribution in [3.8, 4) is 28.8 Å². The van der Waals surface area contributed by atoms with E-state index < -0.39 is 46.3 Å². The third-order valence-electron chi connectivity index (χ3n) is 8.39. The lowest BCUT2D eigenvalue weighted by Crippen LogP contribution is -1.98. The molecule has 0 radical (unpaired) electrons. The van der Waals surface area contributed by atoms with Gasteiger partial charge in [-0.25, -0.2) is 4.98 Å². The Morgan fingerprint density at radius 3 is 1.84 bits per heavy atom. The fraction of sp³-hybridized carbons (Fsp3) is 0.122. The molecule has 0 amide bonds. The van der Waals surface area contributed by atoms with E-state index in [1.54, 1.807) is 55.5 Å². The molecule has 3 N–H and O–H groups in total. The van der Waals surface area contributed by atoms with Gasteiger partial charge in [0.05, 0.1) is 41.0 Å². The van der Waals surface area contributed by atoms with Gasteiger partial charge in [-0.3, -0.25) is 13.5 Å². The largest absolute Gasteiger partial charge is 0.493 e. The molecule has 0 saturated carbocycles. The van der Waals surface area contributed by atoms with Crippen LogP contribution in [0.25, 0.3) is 27.8 Å². The summed E-state index contributed by atoms with van der Waals surface area (Å²) >= 11 is 0. The van der Waals surface area contributed by atoms with Crippen LogP contribution in [0.5, 0.6) is 11.6 Å². The fourth-order valence-corrected chi connectivity index (χ4v) is 6.44. The molecule has 0 aliphatic rings. The first kappa shape index (κ1) is 52.6. The second kappa shape index (κ2) is 24.0. The number of para-hydroxylation sites is 2. The number of nitriles is 1. The van der Waals surface area contributed by atoms with Crippen LogP contribution in [0.15, 0.2) is 151 Å². The molecule has 352 valence electrons. The van der Waals surface area contributed by atoms with Crippen LogP contribution in [0, 0.1) is 18.3 Å². The van der Waals surface area contributed by atoms with Crippen LogP contribution in [-0.4, -0.2) is 78.5 Å². The van der Waals surface area contributed by atoms with Crippen molar-refractivity contribution in [2.75, 3.05) is 12.9 Å². The number of ether oxygens (including phenoxy) is 1. The van der Waals surface area contributed by atoms with E-state index in [1.165, 1.54) is 16.5 Å². The van der Waals surface area contributed by atoms with Crippen LogP contribution in [0.4, 0.5) is 34.1 Å². The predicted molar refractivity (Wildman–Crippen MR) is 244 cm³/mol. The number of aryl methyl sites for hydroxylation is 1. The third kappa shape index (κ3) is 15.3. The Labute approximate surface area is 390 Å². The molecule has 68 heavy (non-hydrogen) atoms. The molecule has 7 aromatic rings. The molecular formula is C41H35N9O14S4. The Morgan fingerprint density at radius 1 is 0.706 bits per heavy atom. The molecule has 0 bridgehead atoms. The number of aromatic hydroxyl groups is 1. The van der Waals surface area contributed by atoms with Crippen LogP contribution in [0.1, 0.15) is 24.5 Å². The van der Waals surface area contributed by atoms with Gasteiger partial charge in [-0.1, -0.05) is 67.6 Å². The number of azo groups is 3. The molecule has 0 fully saturated rings. The average molecular weight is 1010 g/mol. The Morgan fingerprint density at radius 2 is 1.25 bits per heavy atom. The topological polar surface area (TPSA) is 356 Å². The quantitative estimate of drug-likeness (QED) is 0.0804. The van der Waals surface area contributed by atoms with Crippen molar-refractivity contribution in [1.82, 2.24) is 9.38 Å². The Bertz CT molecular complexity index is 3520. The lowest BCUT2D eigenvalue weighted by Gasteiger charge is -2.13. The number of nitrogens with zero attached hydrogens (tertiary/aromatic N) is 9. The van der Waals surface area contributed by atoms with Crippen LogP contribution in [0.3, 0.4) is 0 Å². The molecule has 7 rings (SSSR count). The molecule has 2 aromatic heterocycles. The monoisotopic (exact) mass is 1010 g/mol. The summed E-state index contributed by atoms with van der Waals surface area (Å²) in [5, 5.41) is 47.9. The standard InChI is InChI=1S/C40H31N9O5S.CH4O3S.2O3S/c1-3-20-54-35-23-32(46-45-31-19-18-28(22-36(31)55(51,52)53)44-43-27-14-8-5-9-15-27)25(2)21-33(35)47-48-38-37(26-12-6-4-7-13-26)29(24-41)39-42-30-16-10-11-17-34(30)49(39)40(38)50;1-5(2,3)4;2*1-4(2)3/h4-19,21-23,50H,3,20H2,1-2H3,(H,51,52,53);1H3,(H,2,3,4);;. The van der Waals surface area contributed by atoms with Crippen LogP contribution < -0.4 is 4.74 Å². The summed E-state index contributed by atoms with van der Waals surface area (Å²) in [4.78, 5) is 4.16. The molecule has 0 spiro atoms. The minimum absolute atomic E-state index is 0.0470. The first-order valence-electron chi connectivity index (χ1n) is 18.9. The second-order valence-corrected chi connectivity index (χ2v) is 17.0. The van der Waals surface area contributed by atoms with Crippen LogP contribution in [-0.2, 0) is 41.5 Å². The highest BCUT2D eigenvalue weighted by Gasteiger charge is 2.24.